The SMILES string of the molecule is CN=C(NCCCN(C)C)NCCN(C)CCCOC.I. The molecule has 21 heavy (non-hydrogen) atoms. The van der Waals surface area contributed by atoms with Crippen molar-refractivity contribution in [3.63, 3.8) is 0 Å². The molecule has 6 nitrogen and oxygen atoms in total. The summed E-state index contributed by atoms with van der Waals surface area (Å²) in [4.78, 5) is 8.70. The van der Waals surface area contributed by atoms with Crippen molar-refractivity contribution < 1.29 is 4.74 Å². The van der Waals surface area contributed by atoms with Crippen molar-refractivity contribution in [3.05, 3.63) is 0 Å². The predicted octanol–water partition coefficient (Wildman–Crippen LogP) is 0.689. The third-order valence-electron chi connectivity index (χ3n) is 2.97. The molecule has 128 valence electrons. The summed E-state index contributed by atoms with van der Waals surface area (Å²) in [7, 11) is 9.86. The Hall–Kier alpha value is -0.120. The van der Waals surface area contributed by atoms with Gasteiger partial charge in [-0.25, -0.2) is 0 Å². The molecule has 0 amide bonds. The van der Waals surface area contributed by atoms with Crippen LogP contribution < -0.4 is 10.6 Å². The topological polar surface area (TPSA) is 52.1 Å². The largest absolute Gasteiger partial charge is 0.385 e. The number of aliphatic imine (C=N–C) groups is 1. The highest BCUT2D eigenvalue weighted by molar-refractivity contribution is 14.0. The second-order valence-corrected chi connectivity index (χ2v) is 5.23. The summed E-state index contributed by atoms with van der Waals surface area (Å²) < 4.78 is 5.05. The lowest BCUT2D eigenvalue weighted by molar-refractivity contribution is 0.180. The molecular weight excluding hydrogens is 381 g/mol. The third-order valence-corrected chi connectivity index (χ3v) is 2.97. The van der Waals surface area contributed by atoms with Crippen molar-refractivity contribution in [1.29, 1.82) is 0 Å². The zero-order valence-electron chi connectivity index (χ0n) is 14.3. The van der Waals surface area contributed by atoms with Crippen LogP contribution in [-0.4, -0.2) is 90.4 Å². The first-order valence-corrected chi connectivity index (χ1v) is 7.37. The van der Waals surface area contributed by atoms with Crippen LogP contribution in [0.4, 0.5) is 0 Å². The number of hydrogen-bond donors (Lipinski definition) is 2. The molecule has 0 fully saturated rings. The zero-order valence-corrected chi connectivity index (χ0v) is 16.6. The van der Waals surface area contributed by atoms with Crippen molar-refractivity contribution in [1.82, 2.24) is 20.4 Å². The van der Waals surface area contributed by atoms with E-state index < -0.39 is 0 Å². The molecule has 7 heteroatoms. The second-order valence-electron chi connectivity index (χ2n) is 5.23. The number of ether oxygens (including phenoxy) is 1. The lowest BCUT2D eigenvalue weighted by atomic mass is 10.4. The standard InChI is InChI=1S/C14H33N5O.HI/c1-15-14(16-8-6-10-18(2)3)17-9-12-19(4)11-7-13-20-5;/h6-13H2,1-5H3,(H2,15,16,17);1H. The highest BCUT2D eigenvalue weighted by atomic mass is 127. The van der Waals surface area contributed by atoms with Gasteiger partial charge in [-0.3, -0.25) is 4.99 Å². The number of hydrogen-bond acceptors (Lipinski definition) is 4. The Morgan fingerprint density at radius 1 is 1.00 bits per heavy atom. The minimum absolute atomic E-state index is 0. The molecule has 0 heterocycles. The van der Waals surface area contributed by atoms with Crippen molar-refractivity contribution >= 4 is 29.9 Å². The lowest BCUT2D eigenvalue weighted by Gasteiger charge is -2.18. The fourth-order valence-corrected chi connectivity index (χ4v) is 1.78. The van der Waals surface area contributed by atoms with Gasteiger partial charge in [-0.15, -0.1) is 24.0 Å². The molecule has 0 radical (unpaired) electrons. The van der Waals surface area contributed by atoms with E-state index in [1.54, 1.807) is 7.11 Å². The predicted molar refractivity (Wildman–Crippen MR) is 102 cm³/mol. The van der Waals surface area contributed by atoms with E-state index in [2.05, 4.69) is 46.6 Å². The van der Waals surface area contributed by atoms with E-state index in [9.17, 15) is 0 Å². The third kappa shape index (κ3) is 16.1. The van der Waals surface area contributed by atoms with Gasteiger partial charge < -0.3 is 25.2 Å². The van der Waals surface area contributed by atoms with E-state index >= 15 is 0 Å². The van der Waals surface area contributed by atoms with Crippen LogP contribution in [-0.2, 0) is 4.74 Å². The molecule has 0 rings (SSSR count). The van der Waals surface area contributed by atoms with Crippen LogP contribution in [0.25, 0.3) is 0 Å². The summed E-state index contributed by atoms with van der Waals surface area (Å²) in [5, 5.41) is 6.66. The number of likely N-dealkylation sites (N-methyl/N-ethyl adjacent to an activating group) is 1. The molecule has 0 saturated carbocycles. The van der Waals surface area contributed by atoms with Gasteiger partial charge in [0, 0.05) is 46.9 Å². The van der Waals surface area contributed by atoms with Gasteiger partial charge in [-0.2, -0.15) is 0 Å². The number of nitrogens with zero attached hydrogens (tertiary/aromatic N) is 3. The quantitative estimate of drug-likeness (QED) is 0.225. The van der Waals surface area contributed by atoms with Gasteiger partial charge in [0.15, 0.2) is 5.96 Å². The Bertz CT molecular complexity index is 252. The average molecular weight is 415 g/mol. The van der Waals surface area contributed by atoms with Crippen molar-refractivity contribution in [2.45, 2.75) is 12.8 Å². The summed E-state index contributed by atoms with van der Waals surface area (Å²) >= 11 is 0. The van der Waals surface area contributed by atoms with E-state index in [4.69, 9.17) is 4.74 Å². The van der Waals surface area contributed by atoms with E-state index in [1.807, 2.05) is 7.05 Å². The molecule has 0 aliphatic carbocycles. The molecular formula is C14H34IN5O. The first kappa shape index (κ1) is 23.2. The maximum Gasteiger partial charge on any atom is 0.191 e. The van der Waals surface area contributed by atoms with Crippen molar-refractivity contribution in [2.24, 2.45) is 4.99 Å². The molecule has 0 aliphatic rings. The first-order valence-electron chi connectivity index (χ1n) is 7.37. The number of halogens is 1. The average Bonchev–Trinajstić information content (AvgIpc) is 2.41. The molecule has 0 aromatic rings. The van der Waals surface area contributed by atoms with Crippen LogP contribution in [0.1, 0.15) is 12.8 Å². The highest BCUT2D eigenvalue weighted by Crippen LogP contribution is 1.87. The van der Waals surface area contributed by atoms with Crippen molar-refractivity contribution in [2.75, 3.05) is 74.6 Å². The zero-order chi connectivity index (χ0) is 15.2. The molecule has 0 saturated heterocycles. The summed E-state index contributed by atoms with van der Waals surface area (Å²) in [6.07, 6.45) is 2.19. The van der Waals surface area contributed by atoms with E-state index in [1.165, 1.54) is 0 Å². The van der Waals surface area contributed by atoms with Crippen LogP contribution >= 0.6 is 24.0 Å². The maximum absolute atomic E-state index is 5.05. The monoisotopic (exact) mass is 415 g/mol. The highest BCUT2D eigenvalue weighted by Gasteiger charge is 2.00. The van der Waals surface area contributed by atoms with Gasteiger partial charge >= 0.3 is 0 Å². The van der Waals surface area contributed by atoms with Gasteiger partial charge in [0.25, 0.3) is 0 Å². The smallest absolute Gasteiger partial charge is 0.191 e. The molecule has 0 unspecified atom stereocenters. The van der Waals surface area contributed by atoms with E-state index in [-0.39, 0.29) is 24.0 Å². The molecule has 2 N–H and O–H groups in total. The number of rotatable bonds is 11. The molecule has 0 aliphatic heterocycles. The van der Waals surface area contributed by atoms with Crippen molar-refractivity contribution in [3.8, 4) is 0 Å². The molecule has 0 atom stereocenters. The Balaban J connectivity index is 0. The van der Waals surface area contributed by atoms with Crippen LogP contribution in [0, 0.1) is 0 Å². The number of guanidine groups is 1. The number of methoxy groups -OCH3 is 1. The summed E-state index contributed by atoms with van der Waals surface area (Å²) in [5.41, 5.74) is 0. The Kier molecular flexibility index (Phi) is 17.9. The second kappa shape index (κ2) is 16.3. The van der Waals surface area contributed by atoms with Gasteiger partial charge in [0.1, 0.15) is 0 Å². The van der Waals surface area contributed by atoms with Gasteiger partial charge in [-0.05, 0) is 40.5 Å². The molecule has 0 bridgehead atoms. The maximum atomic E-state index is 5.05. The Labute approximate surface area is 147 Å². The summed E-state index contributed by atoms with van der Waals surface area (Å²) in [5.74, 6) is 0.883. The Morgan fingerprint density at radius 2 is 1.67 bits per heavy atom. The van der Waals surface area contributed by atoms with Gasteiger partial charge in [0.05, 0.1) is 0 Å². The molecule has 0 spiro atoms. The lowest BCUT2D eigenvalue weighted by Crippen LogP contribution is -2.41. The normalized spacial score (nSPS) is 11.7. The fourth-order valence-electron chi connectivity index (χ4n) is 1.78. The molecule has 0 aromatic carbocycles. The van der Waals surface area contributed by atoms with Crippen LogP contribution in [0.3, 0.4) is 0 Å². The molecule has 0 aromatic heterocycles. The Morgan fingerprint density at radius 3 is 2.24 bits per heavy atom. The van der Waals surface area contributed by atoms with Gasteiger partial charge in [-0.1, -0.05) is 0 Å². The number of nitrogens with one attached hydrogen (secondary N) is 2. The summed E-state index contributed by atoms with van der Waals surface area (Å²) in [6, 6.07) is 0. The van der Waals surface area contributed by atoms with E-state index in [0.29, 0.717) is 0 Å². The van der Waals surface area contributed by atoms with Gasteiger partial charge in [0.2, 0.25) is 0 Å². The first-order chi connectivity index (χ1) is 9.60. The van der Waals surface area contributed by atoms with E-state index in [0.717, 1.165) is 58.1 Å². The summed E-state index contributed by atoms with van der Waals surface area (Å²) in [6.45, 7) is 5.82. The van der Waals surface area contributed by atoms with Crippen LogP contribution in [0.5, 0.6) is 0 Å². The minimum Gasteiger partial charge on any atom is -0.385 e. The van der Waals surface area contributed by atoms with Crippen LogP contribution in [0.2, 0.25) is 0 Å². The fraction of sp³-hybridized carbons (Fsp3) is 0.929. The minimum atomic E-state index is 0. The van der Waals surface area contributed by atoms with Crippen LogP contribution in [0.15, 0.2) is 4.99 Å².